The Bertz CT molecular complexity index is 397. The molecule has 1 aromatic carbocycles. The van der Waals surface area contributed by atoms with Crippen molar-refractivity contribution >= 4 is 27.9 Å². The number of aldehydes is 1. The quantitative estimate of drug-likeness (QED) is 0.477. The predicted molar refractivity (Wildman–Crippen MR) is 59.1 cm³/mol. The van der Waals surface area contributed by atoms with E-state index in [0.717, 1.165) is 12.1 Å². The van der Waals surface area contributed by atoms with Crippen LogP contribution in [0.1, 0.15) is 10.4 Å². The van der Waals surface area contributed by atoms with Gasteiger partial charge >= 0.3 is 0 Å². The lowest BCUT2D eigenvalue weighted by atomic mass is 10.2. The Morgan fingerprint density at radius 2 is 2.00 bits per heavy atom. The number of methoxy groups -OCH3 is 1. The first-order valence-electron chi connectivity index (χ1n) is 3.96. The Hall–Kier alpha value is -1.34. The van der Waals surface area contributed by atoms with E-state index in [2.05, 4.69) is 20.7 Å². The Balaban J connectivity index is 0.000000673. The number of rotatable bonds is 2. The van der Waals surface area contributed by atoms with Crippen LogP contribution in [0.25, 0.3) is 0 Å². The zero-order valence-corrected chi connectivity index (χ0v) is 10.2. The van der Waals surface area contributed by atoms with Crippen molar-refractivity contribution in [3.05, 3.63) is 38.1 Å². The lowest BCUT2D eigenvalue weighted by Crippen LogP contribution is -1.95. The number of benzene rings is 1. The van der Waals surface area contributed by atoms with Gasteiger partial charge in [-0.1, -0.05) is 0 Å². The molecule has 88 valence electrons. The SMILES string of the molecule is COC.O=Cc1cc(F)c(Br)cc1[N+](=O)[O-]. The summed E-state index contributed by atoms with van der Waals surface area (Å²) in [6.07, 6.45) is 0.244. The number of hydrogen-bond donors (Lipinski definition) is 0. The van der Waals surface area contributed by atoms with Crippen LogP contribution in [-0.4, -0.2) is 25.4 Å². The summed E-state index contributed by atoms with van der Waals surface area (Å²) in [5.41, 5.74) is -0.686. The van der Waals surface area contributed by atoms with Crippen molar-refractivity contribution in [3.63, 3.8) is 0 Å². The Morgan fingerprint density at radius 1 is 1.50 bits per heavy atom. The maximum Gasteiger partial charge on any atom is 0.281 e. The van der Waals surface area contributed by atoms with Gasteiger partial charge in [0, 0.05) is 20.3 Å². The third kappa shape index (κ3) is 4.03. The van der Waals surface area contributed by atoms with Crippen molar-refractivity contribution in [2.24, 2.45) is 0 Å². The molecule has 16 heavy (non-hydrogen) atoms. The molecule has 0 aliphatic carbocycles. The fourth-order valence-electron chi connectivity index (χ4n) is 0.804. The molecule has 0 spiro atoms. The molecule has 0 aliphatic rings. The minimum absolute atomic E-state index is 0.0372. The maximum absolute atomic E-state index is 12.8. The molecule has 0 heterocycles. The molecular formula is C9H9BrFNO4. The van der Waals surface area contributed by atoms with Gasteiger partial charge in [0.05, 0.1) is 15.0 Å². The van der Waals surface area contributed by atoms with Crippen molar-refractivity contribution in [1.82, 2.24) is 0 Å². The van der Waals surface area contributed by atoms with Gasteiger partial charge in [-0.2, -0.15) is 0 Å². The fourth-order valence-corrected chi connectivity index (χ4v) is 1.14. The molecule has 0 saturated carbocycles. The van der Waals surface area contributed by atoms with Crippen LogP contribution < -0.4 is 0 Å². The Kier molecular flexibility index (Phi) is 6.43. The van der Waals surface area contributed by atoms with E-state index in [-0.39, 0.29) is 16.3 Å². The van der Waals surface area contributed by atoms with Crippen molar-refractivity contribution in [2.45, 2.75) is 0 Å². The number of carbonyl (C=O) groups excluding carboxylic acids is 1. The molecule has 1 aromatic rings. The summed E-state index contributed by atoms with van der Waals surface area (Å²) >= 11 is 2.78. The topological polar surface area (TPSA) is 69.4 Å². The molecule has 7 heteroatoms. The molecule has 0 saturated heterocycles. The monoisotopic (exact) mass is 293 g/mol. The van der Waals surface area contributed by atoms with E-state index in [0.29, 0.717) is 0 Å². The van der Waals surface area contributed by atoms with Crippen molar-refractivity contribution < 1.29 is 18.8 Å². The van der Waals surface area contributed by atoms with Crippen molar-refractivity contribution in [3.8, 4) is 0 Å². The molecular weight excluding hydrogens is 285 g/mol. The highest BCUT2D eigenvalue weighted by Crippen LogP contribution is 2.25. The fraction of sp³-hybridized carbons (Fsp3) is 0.222. The van der Waals surface area contributed by atoms with Crippen LogP contribution in [0, 0.1) is 15.9 Å². The van der Waals surface area contributed by atoms with Gasteiger partial charge in [0.15, 0.2) is 6.29 Å². The first-order chi connectivity index (χ1) is 7.47. The van der Waals surface area contributed by atoms with Gasteiger partial charge in [0.2, 0.25) is 0 Å². The molecule has 0 bridgehead atoms. The summed E-state index contributed by atoms with van der Waals surface area (Å²) < 4.78 is 17.0. The van der Waals surface area contributed by atoms with E-state index in [9.17, 15) is 19.3 Å². The summed E-state index contributed by atoms with van der Waals surface area (Å²) in [5, 5.41) is 10.3. The van der Waals surface area contributed by atoms with Gasteiger partial charge < -0.3 is 4.74 Å². The first kappa shape index (κ1) is 14.7. The molecule has 0 aliphatic heterocycles. The minimum atomic E-state index is -0.742. The van der Waals surface area contributed by atoms with E-state index in [1.807, 2.05) is 0 Å². The summed E-state index contributed by atoms with van der Waals surface area (Å²) in [6.45, 7) is 0. The normalized spacial score (nSPS) is 9.00. The summed E-state index contributed by atoms with van der Waals surface area (Å²) in [6, 6.07) is 1.77. The Morgan fingerprint density at radius 3 is 2.38 bits per heavy atom. The number of hydrogen-bond acceptors (Lipinski definition) is 4. The number of carbonyl (C=O) groups is 1. The lowest BCUT2D eigenvalue weighted by Gasteiger charge is -1.97. The molecule has 5 nitrogen and oxygen atoms in total. The summed E-state index contributed by atoms with van der Waals surface area (Å²) in [4.78, 5) is 19.9. The lowest BCUT2D eigenvalue weighted by molar-refractivity contribution is -0.385. The average Bonchev–Trinajstić information content (AvgIpc) is 2.22. The second kappa shape index (κ2) is 7.02. The summed E-state index contributed by atoms with van der Waals surface area (Å²) in [7, 11) is 3.25. The molecule has 0 radical (unpaired) electrons. The van der Waals surface area contributed by atoms with Crippen LogP contribution in [0.2, 0.25) is 0 Å². The standard InChI is InChI=1S/C7H3BrFNO3.C2H6O/c8-5-2-7(10(12)13)4(3-11)1-6(5)9;1-3-2/h1-3H;1-2H3. The van der Waals surface area contributed by atoms with Crippen LogP contribution in [0.4, 0.5) is 10.1 Å². The van der Waals surface area contributed by atoms with Crippen LogP contribution >= 0.6 is 15.9 Å². The van der Waals surface area contributed by atoms with E-state index in [1.54, 1.807) is 14.2 Å². The number of nitro groups is 1. The van der Waals surface area contributed by atoms with E-state index >= 15 is 0 Å². The van der Waals surface area contributed by atoms with Crippen LogP contribution in [0.15, 0.2) is 16.6 Å². The van der Waals surface area contributed by atoms with Gasteiger partial charge in [-0.25, -0.2) is 4.39 Å². The van der Waals surface area contributed by atoms with E-state index in [1.165, 1.54) is 0 Å². The average molecular weight is 294 g/mol. The zero-order valence-electron chi connectivity index (χ0n) is 8.57. The largest absolute Gasteiger partial charge is 0.388 e. The molecule has 0 fully saturated rings. The number of halogens is 2. The molecule has 0 unspecified atom stereocenters. The van der Waals surface area contributed by atoms with Crippen molar-refractivity contribution in [2.75, 3.05) is 14.2 Å². The molecule has 0 N–H and O–H groups in total. The van der Waals surface area contributed by atoms with Gasteiger partial charge in [-0.3, -0.25) is 14.9 Å². The highest BCUT2D eigenvalue weighted by molar-refractivity contribution is 9.10. The molecule has 0 amide bonds. The smallest absolute Gasteiger partial charge is 0.281 e. The highest BCUT2D eigenvalue weighted by Gasteiger charge is 2.16. The van der Waals surface area contributed by atoms with E-state index in [4.69, 9.17) is 0 Å². The maximum atomic E-state index is 12.8. The van der Waals surface area contributed by atoms with Gasteiger partial charge in [-0.15, -0.1) is 0 Å². The van der Waals surface area contributed by atoms with E-state index < -0.39 is 16.4 Å². The Labute approximate surface area is 99.5 Å². The zero-order chi connectivity index (χ0) is 12.7. The van der Waals surface area contributed by atoms with Gasteiger partial charge in [0.1, 0.15) is 5.82 Å². The number of nitro benzene ring substituents is 1. The molecule has 1 rings (SSSR count). The van der Waals surface area contributed by atoms with Crippen LogP contribution in [0.3, 0.4) is 0 Å². The summed E-state index contributed by atoms with van der Waals surface area (Å²) in [5.74, 6) is -0.701. The third-order valence-electron chi connectivity index (χ3n) is 1.39. The van der Waals surface area contributed by atoms with Crippen LogP contribution in [0.5, 0.6) is 0 Å². The third-order valence-corrected chi connectivity index (χ3v) is 2.00. The van der Waals surface area contributed by atoms with Crippen molar-refractivity contribution in [1.29, 1.82) is 0 Å². The highest BCUT2D eigenvalue weighted by atomic mass is 79.9. The second-order valence-corrected chi connectivity index (χ2v) is 3.46. The molecule has 0 atom stereocenters. The minimum Gasteiger partial charge on any atom is -0.388 e. The second-order valence-electron chi connectivity index (χ2n) is 2.61. The molecule has 0 aromatic heterocycles. The number of ether oxygens (including phenoxy) is 1. The number of nitrogens with zero attached hydrogens (tertiary/aromatic N) is 1. The van der Waals surface area contributed by atoms with Crippen LogP contribution in [-0.2, 0) is 4.74 Å². The predicted octanol–water partition coefficient (Wildman–Crippen LogP) is 2.57. The van der Waals surface area contributed by atoms with Gasteiger partial charge in [0.25, 0.3) is 5.69 Å². The first-order valence-corrected chi connectivity index (χ1v) is 4.76. The van der Waals surface area contributed by atoms with Gasteiger partial charge in [-0.05, 0) is 22.0 Å².